The van der Waals surface area contributed by atoms with Gasteiger partial charge in [-0.05, 0) is 36.2 Å². The van der Waals surface area contributed by atoms with Gasteiger partial charge in [0, 0.05) is 13.1 Å². The lowest BCUT2D eigenvalue weighted by molar-refractivity contribution is 0.248. The number of nitrogens with zero attached hydrogens (tertiary/aromatic N) is 2. The molecule has 0 aliphatic rings. The van der Waals surface area contributed by atoms with Crippen molar-refractivity contribution in [1.29, 1.82) is 5.26 Å². The van der Waals surface area contributed by atoms with Gasteiger partial charge in [-0.3, -0.25) is 4.90 Å². The molecule has 0 aliphatic heterocycles. The molecule has 0 radical (unpaired) electrons. The Balaban J connectivity index is 2.85. The monoisotopic (exact) mass is 234 g/mol. The SMILES string of the molecule is CCN(Cc1cc(F)ccc1C#N)CC(C)C. The van der Waals surface area contributed by atoms with Crippen molar-refractivity contribution in [2.75, 3.05) is 13.1 Å². The number of nitriles is 1. The summed E-state index contributed by atoms with van der Waals surface area (Å²) in [4.78, 5) is 2.22. The average Bonchev–Trinajstić information content (AvgIpc) is 2.28. The first-order valence-electron chi connectivity index (χ1n) is 5.97. The van der Waals surface area contributed by atoms with E-state index in [1.165, 1.54) is 12.1 Å². The van der Waals surface area contributed by atoms with Gasteiger partial charge in [-0.1, -0.05) is 20.8 Å². The van der Waals surface area contributed by atoms with E-state index in [1.54, 1.807) is 6.07 Å². The van der Waals surface area contributed by atoms with E-state index in [1.807, 2.05) is 0 Å². The molecule has 0 fully saturated rings. The van der Waals surface area contributed by atoms with Crippen LogP contribution in [-0.4, -0.2) is 18.0 Å². The minimum atomic E-state index is -0.278. The van der Waals surface area contributed by atoms with Gasteiger partial charge in [-0.25, -0.2) is 4.39 Å². The Morgan fingerprint density at radius 3 is 2.65 bits per heavy atom. The minimum Gasteiger partial charge on any atom is -0.299 e. The normalized spacial score (nSPS) is 10.9. The fraction of sp³-hybridized carbons (Fsp3) is 0.500. The molecule has 0 saturated heterocycles. The summed E-state index contributed by atoms with van der Waals surface area (Å²) < 4.78 is 13.2. The molecule has 1 rings (SSSR count). The Kier molecular flexibility index (Phi) is 5.11. The zero-order valence-corrected chi connectivity index (χ0v) is 10.7. The van der Waals surface area contributed by atoms with Gasteiger partial charge in [0.1, 0.15) is 5.82 Å². The van der Waals surface area contributed by atoms with Crippen molar-refractivity contribution in [1.82, 2.24) is 4.90 Å². The first-order valence-corrected chi connectivity index (χ1v) is 5.97. The highest BCUT2D eigenvalue weighted by molar-refractivity contribution is 5.37. The fourth-order valence-electron chi connectivity index (χ4n) is 1.86. The van der Waals surface area contributed by atoms with Crippen molar-refractivity contribution in [2.45, 2.75) is 27.3 Å². The molecule has 0 atom stereocenters. The van der Waals surface area contributed by atoms with Crippen molar-refractivity contribution >= 4 is 0 Å². The Hall–Kier alpha value is -1.40. The van der Waals surface area contributed by atoms with Gasteiger partial charge in [0.05, 0.1) is 11.6 Å². The largest absolute Gasteiger partial charge is 0.299 e. The van der Waals surface area contributed by atoms with E-state index >= 15 is 0 Å². The predicted octanol–water partition coefficient (Wildman–Crippen LogP) is 3.18. The third-order valence-corrected chi connectivity index (χ3v) is 2.65. The molecule has 1 aromatic carbocycles. The van der Waals surface area contributed by atoms with E-state index in [0.29, 0.717) is 18.0 Å². The summed E-state index contributed by atoms with van der Waals surface area (Å²) in [7, 11) is 0. The van der Waals surface area contributed by atoms with Gasteiger partial charge >= 0.3 is 0 Å². The van der Waals surface area contributed by atoms with E-state index in [-0.39, 0.29) is 5.82 Å². The van der Waals surface area contributed by atoms with E-state index in [4.69, 9.17) is 5.26 Å². The Bertz CT molecular complexity index is 407. The molecule has 1 aromatic rings. The van der Waals surface area contributed by atoms with Crippen LogP contribution >= 0.6 is 0 Å². The maximum absolute atomic E-state index is 13.2. The number of benzene rings is 1. The molecule has 0 aromatic heterocycles. The lowest BCUT2D eigenvalue weighted by Crippen LogP contribution is -2.27. The topological polar surface area (TPSA) is 27.0 Å². The van der Waals surface area contributed by atoms with Crippen molar-refractivity contribution in [2.24, 2.45) is 5.92 Å². The minimum absolute atomic E-state index is 0.278. The van der Waals surface area contributed by atoms with Crippen LogP contribution in [0.4, 0.5) is 4.39 Å². The van der Waals surface area contributed by atoms with Crippen LogP contribution in [0.1, 0.15) is 31.9 Å². The molecule has 0 aliphatic carbocycles. The quantitative estimate of drug-likeness (QED) is 0.782. The van der Waals surface area contributed by atoms with Crippen LogP contribution in [0.5, 0.6) is 0 Å². The van der Waals surface area contributed by atoms with Crippen molar-refractivity contribution in [3.05, 3.63) is 35.1 Å². The summed E-state index contributed by atoms with van der Waals surface area (Å²) >= 11 is 0. The fourth-order valence-corrected chi connectivity index (χ4v) is 1.86. The number of hydrogen-bond acceptors (Lipinski definition) is 2. The van der Waals surface area contributed by atoms with Crippen molar-refractivity contribution < 1.29 is 4.39 Å². The van der Waals surface area contributed by atoms with E-state index in [0.717, 1.165) is 18.7 Å². The Labute approximate surface area is 103 Å². The second-order valence-electron chi connectivity index (χ2n) is 4.63. The van der Waals surface area contributed by atoms with Gasteiger partial charge in [0.2, 0.25) is 0 Å². The number of halogens is 1. The Morgan fingerprint density at radius 2 is 2.12 bits per heavy atom. The maximum atomic E-state index is 13.2. The molecule has 0 spiro atoms. The third-order valence-electron chi connectivity index (χ3n) is 2.65. The summed E-state index contributed by atoms with van der Waals surface area (Å²) in [6.07, 6.45) is 0. The lowest BCUT2D eigenvalue weighted by atomic mass is 10.1. The van der Waals surface area contributed by atoms with Gasteiger partial charge < -0.3 is 0 Å². The molecule has 2 nitrogen and oxygen atoms in total. The van der Waals surface area contributed by atoms with Crippen molar-refractivity contribution in [3.63, 3.8) is 0 Å². The smallest absolute Gasteiger partial charge is 0.123 e. The molecule has 92 valence electrons. The summed E-state index contributed by atoms with van der Waals surface area (Å²) in [5.41, 5.74) is 1.34. The van der Waals surface area contributed by atoms with Crippen LogP contribution in [0.15, 0.2) is 18.2 Å². The number of hydrogen-bond donors (Lipinski definition) is 0. The molecular formula is C14H19FN2. The molecule has 0 bridgehead atoms. The standard InChI is InChI=1S/C14H19FN2/c1-4-17(9-11(2)3)10-13-7-14(15)6-5-12(13)8-16/h5-7,11H,4,9-10H2,1-3H3. The predicted molar refractivity (Wildman–Crippen MR) is 66.9 cm³/mol. The van der Waals surface area contributed by atoms with Crippen molar-refractivity contribution in [3.8, 4) is 6.07 Å². The maximum Gasteiger partial charge on any atom is 0.123 e. The summed E-state index contributed by atoms with van der Waals surface area (Å²) in [6.45, 7) is 8.87. The zero-order valence-electron chi connectivity index (χ0n) is 10.7. The molecule has 0 amide bonds. The highest BCUT2D eigenvalue weighted by Crippen LogP contribution is 2.14. The number of rotatable bonds is 5. The van der Waals surface area contributed by atoms with Crippen LogP contribution in [0.3, 0.4) is 0 Å². The molecule has 0 N–H and O–H groups in total. The summed E-state index contributed by atoms with van der Waals surface area (Å²) in [5, 5.41) is 8.99. The second-order valence-corrected chi connectivity index (χ2v) is 4.63. The molecular weight excluding hydrogens is 215 g/mol. The summed E-state index contributed by atoms with van der Waals surface area (Å²) in [5.74, 6) is 0.286. The van der Waals surface area contributed by atoms with Gasteiger partial charge in [0.15, 0.2) is 0 Å². The highest BCUT2D eigenvalue weighted by Gasteiger charge is 2.10. The molecule has 0 unspecified atom stereocenters. The highest BCUT2D eigenvalue weighted by atomic mass is 19.1. The summed E-state index contributed by atoms with van der Waals surface area (Å²) in [6, 6.07) is 6.46. The van der Waals surface area contributed by atoms with Crippen LogP contribution in [0, 0.1) is 23.1 Å². The zero-order chi connectivity index (χ0) is 12.8. The van der Waals surface area contributed by atoms with E-state index in [2.05, 4.69) is 31.7 Å². The lowest BCUT2D eigenvalue weighted by Gasteiger charge is -2.23. The first kappa shape index (κ1) is 13.7. The van der Waals surface area contributed by atoms with Gasteiger partial charge in [0.25, 0.3) is 0 Å². The van der Waals surface area contributed by atoms with Crippen LogP contribution < -0.4 is 0 Å². The Morgan fingerprint density at radius 1 is 1.41 bits per heavy atom. The molecule has 3 heteroatoms. The molecule has 0 heterocycles. The van der Waals surface area contributed by atoms with Gasteiger partial charge in [-0.2, -0.15) is 5.26 Å². The molecule has 0 saturated carbocycles. The van der Waals surface area contributed by atoms with Crippen LogP contribution in [0.25, 0.3) is 0 Å². The second kappa shape index (κ2) is 6.36. The third kappa shape index (κ3) is 4.16. The average molecular weight is 234 g/mol. The van der Waals surface area contributed by atoms with E-state index in [9.17, 15) is 4.39 Å². The first-order chi connectivity index (χ1) is 8.06. The van der Waals surface area contributed by atoms with Crippen LogP contribution in [-0.2, 0) is 6.54 Å². The molecule has 17 heavy (non-hydrogen) atoms. The van der Waals surface area contributed by atoms with Gasteiger partial charge in [-0.15, -0.1) is 0 Å². The van der Waals surface area contributed by atoms with E-state index < -0.39 is 0 Å². The van der Waals surface area contributed by atoms with Crippen LogP contribution in [0.2, 0.25) is 0 Å².